The van der Waals surface area contributed by atoms with Crippen molar-refractivity contribution in [2.45, 2.75) is 32.1 Å². The molecule has 3 nitrogen and oxygen atoms in total. The lowest BCUT2D eigenvalue weighted by Gasteiger charge is -2.37. The molecule has 1 heterocycles. The Morgan fingerprint density at radius 1 is 1.13 bits per heavy atom. The molecule has 0 spiro atoms. The lowest BCUT2D eigenvalue weighted by molar-refractivity contribution is 0.0187. The average Bonchev–Trinajstić information content (AvgIpc) is 2.32. The maximum absolute atomic E-state index is 9.36. The van der Waals surface area contributed by atoms with Gasteiger partial charge in [0.25, 0.3) is 0 Å². The summed E-state index contributed by atoms with van der Waals surface area (Å²) in [6.07, 6.45) is 5.98. The van der Waals surface area contributed by atoms with E-state index in [1.807, 2.05) is 0 Å². The zero-order valence-electron chi connectivity index (χ0n) is 9.37. The minimum absolute atomic E-state index is 0.0460. The summed E-state index contributed by atoms with van der Waals surface area (Å²) in [5, 5.41) is 9.36. The van der Waals surface area contributed by atoms with E-state index in [1.165, 1.54) is 19.3 Å². The fraction of sp³-hybridized carbons (Fsp3) is 0.917. The third kappa shape index (κ3) is 2.70. The van der Waals surface area contributed by atoms with Crippen molar-refractivity contribution in [2.24, 2.45) is 5.41 Å². The molecule has 0 atom stereocenters. The fourth-order valence-electron chi connectivity index (χ4n) is 2.72. The Labute approximate surface area is 92.0 Å². The van der Waals surface area contributed by atoms with Crippen LogP contribution >= 0.6 is 0 Å². The number of rotatable bonds is 2. The second-order valence-corrected chi connectivity index (χ2v) is 4.84. The van der Waals surface area contributed by atoms with Gasteiger partial charge in [-0.15, -0.1) is 0 Å². The number of ether oxygens (including phenoxy) is 1. The topological polar surface area (TPSA) is 36.3 Å². The zero-order chi connectivity index (χ0) is 10.6. The summed E-state index contributed by atoms with van der Waals surface area (Å²) in [7, 11) is 0. The lowest BCUT2D eigenvalue weighted by Crippen LogP contribution is -2.44. The van der Waals surface area contributed by atoms with Crippen LogP contribution in [0.5, 0.6) is 0 Å². The first kappa shape index (κ1) is 10.9. The Morgan fingerprint density at radius 3 is 2.40 bits per heavy atom. The van der Waals surface area contributed by atoms with Gasteiger partial charge in [0.05, 0.1) is 24.7 Å². The van der Waals surface area contributed by atoms with Crippen molar-refractivity contribution in [3.05, 3.63) is 0 Å². The van der Waals surface area contributed by atoms with Crippen LogP contribution in [-0.4, -0.2) is 37.7 Å². The summed E-state index contributed by atoms with van der Waals surface area (Å²) >= 11 is 0. The zero-order valence-corrected chi connectivity index (χ0v) is 9.37. The van der Waals surface area contributed by atoms with E-state index in [-0.39, 0.29) is 5.41 Å². The molecule has 0 amide bonds. The molecule has 0 radical (unpaired) electrons. The maximum atomic E-state index is 9.36. The van der Waals surface area contributed by atoms with Gasteiger partial charge in [-0.1, -0.05) is 19.3 Å². The number of hydrogen-bond donors (Lipinski definition) is 0. The quantitative estimate of drug-likeness (QED) is 0.694. The smallest absolute Gasteiger partial charge is 0.0703 e. The molecule has 1 aliphatic carbocycles. The fourth-order valence-corrected chi connectivity index (χ4v) is 2.72. The van der Waals surface area contributed by atoms with E-state index in [0.717, 1.165) is 45.7 Å². The van der Waals surface area contributed by atoms with Gasteiger partial charge in [-0.2, -0.15) is 5.26 Å². The molecule has 2 fully saturated rings. The lowest BCUT2D eigenvalue weighted by atomic mass is 9.75. The summed E-state index contributed by atoms with van der Waals surface area (Å²) in [5.74, 6) is 0. The van der Waals surface area contributed by atoms with Crippen LogP contribution in [0.1, 0.15) is 32.1 Å². The van der Waals surface area contributed by atoms with Crippen LogP contribution in [0, 0.1) is 16.7 Å². The summed E-state index contributed by atoms with van der Waals surface area (Å²) < 4.78 is 5.33. The van der Waals surface area contributed by atoms with Gasteiger partial charge in [0, 0.05) is 19.6 Å². The van der Waals surface area contributed by atoms with Crippen LogP contribution < -0.4 is 0 Å². The molecule has 3 heteroatoms. The van der Waals surface area contributed by atoms with Crippen LogP contribution in [-0.2, 0) is 4.74 Å². The Hall–Kier alpha value is -0.590. The summed E-state index contributed by atoms with van der Waals surface area (Å²) in [6, 6.07) is 2.58. The van der Waals surface area contributed by atoms with E-state index in [1.54, 1.807) is 0 Å². The van der Waals surface area contributed by atoms with Crippen molar-refractivity contribution in [2.75, 3.05) is 32.8 Å². The number of nitrogens with zero attached hydrogens (tertiary/aromatic N) is 2. The molecule has 0 aromatic rings. The van der Waals surface area contributed by atoms with Crippen molar-refractivity contribution in [3.8, 4) is 6.07 Å². The van der Waals surface area contributed by atoms with Gasteiger partial charge in [0.1, 0.15) is 0 Å². The molecule has 0 aromatic heterocycles. The third-order valence-corrected chi connectivity index (χ3v) is 3.68. The van der Waals surface area contributed by atoms with Crippen molar-refractivity contribution in [1.29, 1.82) is 5.26 Å². The van der Waals surface area contributed by atoms with E-state index in [0.29, 0.717) is 0 Å². The van der Waals surface area contributed by atoms with Gasteiger partial charge in [-0.25, -0.2) is 0 Å². The van der Waals surface area contributed by atoms with E-state index < -0.39 is 0 Å². The first-order chi connectivity index (χ1) is 7.35. The van der Waals surface area contributed by atoms with Gasteiger partial charge in [0.2, 0.25) is 0 Å². The van der Waals surface area contributed by atoms with Gasteiger partial charge >= 0.3 is 0 Å². The van der Waals surface area contributed by atoms with Crippen LogP contribution in [0.25, 0.3) is 0 Å². The Bertz CT molecular complexity index is 234. The minimum Gasteiger partial charge on any atom is -0.379 e. The molecule has 0 unspecified atom stereocenters. The van der Waals surface area contributed by atoms with Gasteiger partial charge in [0.15, 0.2) is 0 Å². The van der Waals surface area contributed by atoms with Crippen molar-refractivity contribution >= 4 is 0 Å². The molecule has 0 N–H and O–H groups in total. The minimum atomic E-state index is -0.0460. The summed E-state index contributed by atoms with van der Waals surface area (Å²) in [6.45, 7) is 4.64. The molecule has 1 aliphatic heterocycles. The number of morpholine rings is 1. The van der Waals surface area contributed by atoms with Gasteiger partial charge < -0.3 is 4.74 Å². The SMILES string of the molecule is N#CC1(CN2CCOCC2)CCCCC1. The highest BCUT2D eigenvalue weighted by Crippen LogP contribution is 2.36. The van der Waals surface area contributed by atoms with E-state index in [9.17, 15) is 5.26 Å². The molecular formula is C12H20N2O. The molecule has 2 aliphatic rings. The Morgan fingerprint density at radius 2 is 1.80 bits per heavy atom. The van der Waals surface area contributed by atoms with Crippen LogP contribution in [0.3, 0.4) is 0 Å². The molecule has 0 aromatic carbocycles. The van der Waals surface area contributed by atoms with E-state index in [2.05, 4.69) is 11.0 Å². The van der Waals surface area contributed by atoms with Gasteiger partial charge in [-0.05, 0) is 12.8 Å². The number of hydrogen-bond acceptors (Lipinski definition) is 3. The highest BCUT2D eigenvalue weighted by molar-refractivity contribution is 5.02. The van der Waals surface area contributed by atoms with Gasteiger partial charge in [-0.3, -0.25) is 4.90 Å². The molecule has 0 bridgehead atoms. The van der Waals surface area contributed by atoms with Crippen molar-refractivity contribution < 1.29 is 4.74 Å². The van der Waals surface area contributed by atoms with E-state index in [4.69, 9.17) is 4.74 Å². The highest BCUT2D eigenvalue weighted by atomic mass is 16.5. The van der Waals surface area contributed by atoms with Crippen molar-refractivity contribution in [3.63, 3.8) is 0 Å². The largest absolute Gasteiger partial charge is 0.379 e. The normalized spacial score (nSPS) is 27.1. The maximum Gasteiger partial charge on any atom is 0.0703 e. The predicted octanol–water partition coefficient (Wildman–Crippen LogP) is 1.79. The standard InChI is InChI=1S/C12H20N2O/c13-10-12(4-2-1-3-5-12)11-14-6-8-15-9-7-14/h1-9,11H2. The second kappa shape index (κ2) is 4.96. The first-order valence-corrected chi connectivity index (χ1v) is 6.06. The number of nitriles is 1. The molecular weight excluding hydrogens is 188 g/mol. The summed E-state index contributed by atoms with van der Waals surface area (Å²) in [5.41, 5.74) is -0.0460. The third-order valence-electron chi connectivity index (χ3n) is 3.68. The van der Waals surface area contributed by atoms with Crippen LogP contribution in [0.2, 0.25) is 0 Å². The van der Waals surface area contributed by atoms with E-state index >= 15 is 0 Å². The Balaban J connectivity index is 1.91. The predicted molar refractivity (Wildman–Crippen MR) is 58.4 cm³/mol. The molecule has 2 rings (SSSR count). The molecule has 84 valence electrons. The second-order valence-electron chi connectivity index (χ2n) is 4.84. The molecule has 1 saturated heterocycles. The first-order valence-electron chi connectivity index (χ1n) is 6.06. The monoisotopic (exact) mass is 208 g/mol. The highest BCUT2D eigenvalue weighted by Gasteiger charge is 2.34. The average molecular weight is 208 g/mol. The van der Waals surface area contributed by atoms with Crippen LogP contribution in [0.15, 0.2) is 0 Å². The summed E-state index contributed by atoms with van der Waals surface area (Å²) in [4.78, 5) is 2.40. The molecule has 1 saturated carbocycles. The van der Waals surface area contributed by atoms with Crippen LogP contribution in [0.4, 0.5) is 0 Å². The Kier molecular flexibility index (Phi) is 3.61. The van der Waals surface area contributed by atoms with Crippen molar-refractivity contribution in [1.82, 2.24) is 4.90 Å². The molecule has 15 heavy (non-hydrogen) atoms.